The van der Waals surface area contributed by atoms with Crippen LogP contribution in [0.25, 0.3) is 16.6 Å². The van der Waals surface area contributed by atoms with Gasteiger partial charge in [0.25, 0.3) is 0 Å². The van der Waals surface area contributed by atoms with Gasteiger partial charge in [-0.2, -0.15) is 0 Å². The fourth-order valence-electron chi connectivity index (χ4n) is 9.30. The number of rotatable bonds is 2. The largest absolute Gasteiger partial charge is 0.313 e. The second kappa shape index (κ2) is 6.50. The fraction of sp³-hybridized carbons (Fsp3) is 0.533. The monoisotopic (exact) mass is 422 g/mol. The van der Waals surface area contributed by atoms with Crippen LogP contribution in [0.2, 0.25) is 0 Å². The molecule has 2 heteroatoms. The third-order valence-corrected chi connectivity index (χ3v) is 9.95. The third-order valence-electron chi connectivity index (χ3n) is 9.95. The van der Waals surface area contributed by atoms with Gasteiger partial charge in [0, 0.05) is 42.8 Å². The molecule has 32 heavy (non-hydrogen) atoms. The van der Waals surface area contributed by atoms with Crippen molar-refractivity contribution in [1.29, 1.82) is 0 Å². The maximum atomic E-state index is 2.86. The molecule has 4 bridgehead atoms. The summed E-state index contributed by atoms with van der Waals surface area (Å²) in [7, 11) is 0. The van der Waals surface area contributed by atoms with Crippen molar-refractivity contribution in [2.75, 3.05) is 13.1 Å². The normalized spacial score (nSPS) is 32.7. The van der Waals surface area contributed by atoms with E-state index in [1.165, 1.54) is 60.9 Å². The van der Waals surface area contributed by atoms with Crippen LogP contribution in [0.1, 0.15) is 60.9 Å². The SMILES string of the molecule is c1ccc2c(c1)CCc1cccc3c4c(n-2c13)CCN(CC12CC3CC(CC(C3)C1)C2)C4. The van der Waals surface area contributed by atoms with Gasteiger partial charge in [0.05, 0.1) is 5.52 Å². The predicted octanol–water partition coefficient (Wildman–Crippen LogP) is 6.30. The molecule has 0 N–H and O–H groups in total. The first-order chi connectivity index (χ1) is 15.7. The van der Waals surface area contributed by atoms with Gasteiger partial charge in [0.15, 0.2) is 0 Å². The number of hydrogen-bond acceptors (Lipinski definition) is 1. The van der Waals surface area contributed by atoms with E-state index in [2.05, 4.69) is 51.9 Å². The van der Waals surface area contributed by atoms with Crippen LogP contribution in [0, 0.1) is 23.2 Å². The standard InChI is InChI=1S/C30H34N2/c1-2-7-27-23(4-1)8-9-24-5-3-6-25-26-18-31(11-10-28(26)32(27)29(24)25)19-30-15-20-12-21(16-30)14-22(13-20)17-30/h1-7,20-22H,8-19H2. The number of fused-ring (bicyclic) bond motifs is 5. The Labute approximate surface area is 191 Å². The maximum absolute atomic E-state index is 2.86. The molecule has 9 rings (SSSR count). The average molecular weight is 423 g/mol. The van der Waals surface area contributed by atoms with Crippen LogP contribution >= 0.6 is 0 Å². The third kappa shape index (κ3) is 2.56. The van der Waals surface area contributed by atoms with Crippen molar-refractivity contribution >= 4 is 10.9 Å². The van der Waals surface area contributed by atoms with Gasteiger partial charge in [-0.3, -0.25) is 4.90 Å². The Kier molecular flexibility index (Phi) is 3.73. The summed E-state index contributed by atoms with van der Waals surface area (Å²) in [4.78, 5) is 2.86. The molecule has 0 spiro atoms. The molecule has 3 heterocycles. The van der Waals surface area contributed by atoms with Crippen molar-refractivity contribution in [3.8, 4) is 5.69 Å². The maximum Gasteiger partial charge on any atom is 0.0567 e. The second-order valence-corrected chi connectivity index (χ2v) is 12.1. The molecular formula is C30H34N2. The number of benzene rings is 2. The molecule has 0 amide bonds. The summed E-state index contributed by atoms with van der Waals surface area (Å²) in [6.07, 6.45) is 12.8. The van der Waals surface area contributed by atoms with E-state index in [4.69, 9.17) is 0 Å². The molecule has 0 saturated heterocycles. The average Bonchev–Trinajstić information content (AvgIpc) is 3.00. The highest BCUT2D eigenvalue weighted by Crippen LogP contribution is 2.60. The van der Waals surface area contributed by atoms with Crippen molar-refractivity contribution in [2.24, 2.45) is 23.2 Å². The molecule has 2 aliphatic heterocycles. The molecule has 4 aliphatic carbocycles. The number of para-hydroxylation sites is 2. The second-order valence-electron chi connectivity index (χ2n) is 12.1. The molecule has 4 saturated carbocycles. The van der Waals surface area contributed by atoms with Crippen molar-refractivity contribution in [2.45, 2.75) is 64.3 Å². The van der Waals surface area contributed by atoms with E-state index in [-0.39, 0.29) is 0 Å². The van der Waals surface area contributed by atoms with Gasteiger partial charge in [-0.25, -0.2) is 0 Å². The van der Waals surface area contributed by atoms with E-state index in [1.54, 1.807) is 36.1 Å². The van der Waals surface area contributed by atoms with Crippen molar-refractivity contribution in [3.63, 3.8) is 0 Å². The zero-order chi connectivity index (χ0) is 20.9. The summed E-state index contributed by atoms with van der Waals surface area (Å²) >= 11 is 0. The molecule has 164 valence electrons. The van der Waals surface area contributed by atoms with Crippen LogP contribution in [0.3, 0.4) is 0 Å². The molecule has 3 aromatic rings. The highest BCUT2D eigenvalue weighted by Gasteiger charge is 2.51. The lowest BCUT2D eigenvalue weighted by Gasteiger charge is -2.58. The minimum Gasteiger partial charge on any atom is -0.313 e. The highest BCUT2D eigenvalue weighted by molar-refractivity contribution is 5.91. The Morgan fingerprint density at radius 2 is 1.50 bits per heavy atom. The number of hydrogen-bond donors (Lipinski definition) is 0. The van der Waals surface area contributed by atoms with Crippen molar-refractivity contribution in [3.05, 3.63) is 64.8 Å². The summed E-state index contributed by atoms with van der Waals surface area (Å²) in [6.45, 7) is 3.76. The molecule has 4 fully saturated rings. The Hall–Kier alpha value is -2.06. The number of aromatic nitrogens is 1. The van der Waals surface area contributed by atoms with Gasteiger partial charge in [-0.15, -0.1) is 0 Å². The molecule has 2 aromatic carbocycles. The van der Waals surface area contributed by atoms with Crippen LogP contribution < -0.4 is 0 Å². The molecule has 0 atom stereocenters. The Bertz CT molecular complexity index is 1200. The molecular weight excluding hydrogens is 388 g/mol. The van der Waals surface area contributed by atoms with Gasteiger partial charge in [0.2, 0.25) is 0 Å². The zero-order valence-corrected chi connectivity index (χ0v) is 19.2. The van der Waals surface area contributed by atoms with Gasteiger partial charge >= 0.3 is 0 Å². The Morgan fingerprint density at radius 3 is 2.31 bits per heavy atom. The summed E-state index contributed by atoms with van der Waals surface area (Å²) < 4.78 is 2.67. The van der Waals surface area contributed by atoms with Crippen LogP contribution in [0.4, 0.5) is 0 Å². The molecule has 1 aromatic heterocycles. The van der Waals surface area contributed by atoms with E-state index >= 15 is 0 Å². The quantitative estimate of drug-likeness (QED) is 0.470. The van der Waals surface area contributed by atoms with E-state index in [0.717, 1.165) is 37.1 Å². The first-order valence-corrected chi connectivity index (χ1v) is 13.2. The van der Waals surface area contributed by atoms with Crippen LogP contribution in [0.15, 0.2) is 42.5 Å². The van der Waals surface area contributed by atoms with Crippen LogP contribution in [-0.2, 0) is 25.8 Å². The van der Waals surface area contributed by atoms with Crippen LogP contribution in [0.5, 0.6) is 0 Å². The minimum absolute atomic E-state index is 0.647. The molecule has 0 unspecified atom stereocenters. The minimum atomic E-state index is 0.647. The van der Waals surface area contributed by atoms with Gasteiger partial charge in [-0.1, -0.05) is 36.4 Å². The molecule has 2 nitrogen and oxygen atoms in total. The topological polar surface area (TPSA) is 8.17 Å². The van der Waals surface area contributed by atoms with E-state index in [0.29, 0.717) is 5.41 Å². The number of aryl methyl sites for hydroxylation is 2. The smallest absolute Gasteiger partial charge is 0.0567 e. The van der Waals surface area contributed by atoms with E-state index in [1.807, 2.05) is 0 Å². The van der Waals surface area contributed by atoms with Gasteiger partial charge < -0.3 is 4.57 Å². The van der Waals surface area contributed by atoms with Crippen molar-refractivity contribution in [1.82, 2.24) is 9.47 Å². The summed E-state index contributed by atoms with van der Waals surface area (Å²) in [5, 5.41) is 1.53. The first-order valence-electron chi connectivity index (χ1n) is 13.2. The summed E-state index contributed by atoms with van der Waals surface area (Å²) in [5.41, 5.74) is 9.89. The van der Waals surface area contributed by atoms with E-state index in [9.17, 15) is 0 Å². The lowest BCUT2D eigenvalue weighted by molar-refractivity contribution is -0.0708. The summed E-state index contributed by atoms with van der Waals surface area (Å²) in [5.74, 6) is 3.17. The fourth-order valence-corrected chi connectivity index (χ4v) is 9.30. The van der Waals surface area contributed by atoms with Gasteiger partial charge in [0.1, 0.15) is 0 Å². The Balaban J connectivity index is 1.20. The zero-order valence-electron chi connectivity index (χ0n) is 19.2. The number of nitrogens with zero attached hydrogens (tertiary/aromatic N) is 2. The lowest BCUT2D eigenvalue weighted by atomic mass is 9.49. The summed E-state index contributed by atoms with van der Waals surface area (Å²) in [6, 6.07) is 16.3. The highest BCUT2D eigenvalue weighted by atomic mass is 15.2. The van der Waals surface area contributed by atoms with E-state index < -0.39 is 0 Å². The Morgan fingerprint density at radius 1 is 0.781 bits per heavy atom. The van der Waals surface area contributed by atoms with Crippen LogP contribution in [-0.4, -0.2) is 22.6 Å². The van der Waals surface area contributed by atoms with Gasteiger partial charge in [-0.05, 0) is 97.3 Å². The predicted molar refractivity (Wildman–Crippen MR) is 130 cm³/mol. The first kappa shape index (κ1) is 18.4. The lowest BCUT2D eigenvalue weighted by Crippen LogP contribution is -2.51. The molecule has 0 radical (unpaired) electrons. The molecule has 6 aliphatic rings. The van der Waals surface area contributed by atoms with Crippen molar-refractivity contribution < 1.29 is 0 Å².